The van der Waals surface area contributed by atoms with Crippen LogP contribution < -0.4 is 0 Å². The SMILES string of the molecule is CCCC.[Lu]. The summed E-state index contributed by atoms with van der Waals surface area (Å²) in [6.07, 6.45) is 2.64. The van der Waals surface area contributed by atoms with Crippen molar-refractivity contribution in [2.75, 3.05) is 0 Å². The van der Waals surface area contributed by atoms with E-state index in [2.05, 4.69) is 13.8 Å². The summed E-state index contributed by atoms with van der Waals surface area (Å²) in [5.41, 5.74) is 0. The first-order chi connectivity index (χ1) is 1.91. The monoisotopic (exact) mass is 233 g/mol. The van der Waals surface area contributed by atoms with Crippen molar-refractivity contribution in [2.24, 2.45) is 0 Å². The van der Waals surface area contributed by atoms with Gasteiger partial charge >= 0.3 is 0 Å². The minimum atomic E-state index is 0. The molecule has 0 unspecified atom stereocenters. The van der Waals surface area contributed by atoms with Crippen LogP contribution in [0.5, 0.6) is 0 Å². The van der Waals surface area contributed by atoms with Crippen LogP contribution in [-0.4, -0.2) is 0 Å². The van der Waals surface area contributed by atoms with Gasteiger partial charge in [0.1, 0.15) is 0 Å². The first-order valence-electron chi connectivity index (χ1n) is 1.91. The molecule has 41 valence electrons. The van der Waals surface area contributed by atoms with E-state index in [0.717, 1.165) is 0 Å². The Morgan fingerprint density at radius 3 is 1.20 bits per heavy atom. The minimum absolute atomic E-state index is 0. The van der Waals surface area contributed by atoms with Crippen LogP contribution in [0.3, 0.4) is 0 Å². The van der Waals surface area contributed by atoms with Gasteiger partial charge < -0.3 is 0 Å². The smallest absolute Gasteiger partial charge is 0 e. The van der Waals surface area contributed by atoms with E-state index in [1.807, 2.05) is 0 Å². The third-order valence-electron chi connectivity index (χ3n) is 0.500. The summed E-state index contributed by atoms with van der Waals surface area (Å²) in [4.78, 5) is 0. The van der Waals surface area contributed by atoms with Crippen LogP contribution in [0.15, 0.2) is 0 Å². The Labute approximate surface area is 63.1 Å². The molecule has 0 aliphatic rings. The van der Waals surface area contributed by atoms with Crippen LogP contribution in [0.1, 0.15) is 26.7 Å². The first kappa shape index (κ1) is 9.53. The Morgan fingerprint density at radius 2 is 1.20 bits per heavy atom. The maximum atomic E-state index is 2.18. The van der Waals surface area contributed by atoms with Crippen molar-refractivity contribution < 1.29 is 36.9 Å². The molecule has 0 rings (SSSR count). The number of unbranched alkanes of at least 4 members (excludes halogenated alkanes) is 1. The number of rotatable bonds is 1. The molecule has 0 aromatic carbocycles. The Kier molecular flexibility index (Phi) is 17.1. The quantitative estimate of drug-likeness (QED) is 0.647. The molecule has 0 aromatic heterocycles. The minimum Gasteiger partial charge on any atom is -0.0654 e. The third-order valence-corrected chi connectivity index (χ3v) is 0.500. The van der Waals surface area contributed by atoms with E-state index in [1.54, 1.807) is 0 Å². The number of hydrogen-bond donors (Lipinski definition) is 0. The predicted molar refractivity (Wildman–Crippen MR) is 20.6 cm³/mol. The Morgan fingerprint density at radius 1 is 1.00 bits per heavy atom. The molecule has 1 radical (unpaired) electrons. The maximum Gasteiger partial charge on any atom is 0 e. The van der Waals surface area contributed by atoms with E-state index in [9.17, 15) is 0 Å². The van der Waals surface area contributed by atoms with Gasteiger partial charge in [-0.3, -0.25) is 0 Å². The summed E-state index contributed by atoms with van der Waals surface area (Å²) >= 11 is 0. The average Bonchev–Trinajstić information content (AvgIpc) is 1.37. The summed E-state index contributed by atoms with van der Waals surface area (Å²) in [7, 11) is 0. The normalized spacial score (nSPS) is 6.00. The van der Waals surface area contributed by atoms with Crippen molar-refractivity contribution in [3.63, 3.8) is 0 Å². The Hall–Kier alpha value is 1.23. The zero-order valence-electron chi connectivity index (χ0n) is 3.67. The van der Waals surface area contributed by atoms with Crippen molar-refractivity contribution in [3.05, 3.63) is 0 Å². The van der Waals surface area contributed by atoms with E-state index in [-0.39, 0.29) is 36.9 Å². The molecule has 0 N–H and O–H groups in total. The second-order valence-electron chi connectivity index (χ2n) is 1.000. The van der Waals surface area contributed by atoms with Gasteiger partial charge in [-0.25, -0.2) is 0 Å². The summed E-state index contributed by atoms with van der Waals surface area (Å²) in [6.45, 7) is 4.36. The maximum absolute atomic E-state index is 2.18. The molecule has 0 amide bonds. The van der Waals surface area contributed by atoms with Crippen molar-refractivity contribution >= 4 is 0 Å². The van der Waals surface area contributed by atoms with Gasteiger partial charge in [0, 0.05) is 36.9 Å². The summed E-state index contributed by atoms with van der Waals surface area (Å²) < 4.78 is 0. The fraction of sp³-hybridized carbons (Fsp3) is 1.00. The van der Waals surface area contributed by atoms with Gasteiger partial charge in [-0.2, -0.15) is 0 Å². The van der Waals surface area contributed by atoms with E-state index in [4.69, 9.17) is 0 Å². The fourth-order valence-corrected chi connectivity index (χ4v) is 0. The van der Waals surface area contributed by atoms with Gasteiger partial charge in [-0.05, 0) is 0 Å². The zero-order chi connectivity index (χ0) is 3.41. The molecular formula is C4H10Lu. The zero-order valence-corrected chi connectivity index (χ0v) is 5.33. The van der Waals surface area contributed by atoms with Gasteiger partial charge in [0.25, 0.3) is 0 Å². The fourth-order valence-electron chi connectivity index (χ4n) is 0. The largest absolute Gasteiger partial charge is 0.0654 e. The molecule has 0 bridgehead atoms. The van der Waals surface area contributed by atoms with Crippen LogP contribution in [0.4, 0.5) is 0 Å². The molecule has 0 aromatic rings. The van der Waals surface area contributed by atoms with Crippen molar-refractivity contribution in [1.29, 1.82) is 0 Å². The molecule has 0 atom stereocenters. The molecule has 0 fully saturated rings. The van der Waals surface area contributed by atoms with E-state index >= 15 is 0 Å². The molecule has 0 nitrogen and oxygen atoms in total. The predicted octanol–water partition coefficient (Wildman–Crippen LogP) is 1.81. The summed E-state index contributed by atoms with van der Waals surface area (Å²) in [5, 5.41) is 0. The summed E-state index contributed by atoms with van der Waals surface area (Å²) in [6, 6.07) is 0. The van der Waals surface area contributed by atoms with Gasteiger partial charge in [-0.15, -0.1) is 0 Å². The van der Waals surface area contributed by atoms with Crippen molar-refractivity contribution in [1.82, 2.24) is 0 Å². The molecule has 0 spiro atoms. The Balaban J connectivity index is 0. The second kappa shape index (κ2) is 8.97. The van der Waals surface area contributed by atoms with Crippen LogP contribution in [0.2, 0.25) is 0 Å². The van der Waals surface area contributed by atoms with E-state index in [1.165, 1.54) is 12.8 Å². The molecule has 0 aliphatic carbocycles. The molecule has 0 saturated heterocycles. The molecular weight excluding hydrogens is 223 g/mol. The van der Waals surface area contributed by atoms with Gasteiger partial charge in [0.15, 0.2) is 0 Å². The molecule has 5 heavy (non-hydrogen) atoms. The van der Waals surface area contributed by atoms with Crippen molar-refractivity contribution in [3.8, 4) is 0 Å². The molecule has 0 aliphatic heterocycles. The first-order valence-corrected chi connectivity index (χ1v) is 1.91. The summed E-state index contributed by atoms with van der Waals surface area (Å²) in [5.74, 6) is 0. The van der Waals surface area contributed by atoms with E-state index in [0.29, 0.717) is 0 Å². The Bertz CT molecular complexity index is 5.61. The standard InChI is InChI=1S/C4H10.Lu/c1-3-4-2;/h3-4H2,1-2H3;. The van der Waals surface area contributed by atoms with Crippen LogP contribution in [0, 0.1) is 36.9 Å². The second-order valence-corrected chi connectivity index (χ2v) is 1.000. The van der Waals surface area contributed by atoms with Gasteiger partial charge in [0.2, 0.25) is 0 Å². The van der Waals surface area contributed by atoms with Crippen LogP contribution in [-0.2, 0) is 0 Å². The molecule has 0 saturated carbocycles. The molecule has 1 heteroatoms. The van der Waals surface area contributed by atoms with Crippen LogP contribution in [0.25, 0.3) is 0 Å². The molecule has 0 heterocycles. The van der Waals surface area contributed by atoms with Gasteiger partial charge in [-0.1, -0.05) is 26.7 Å². The van der Waals surface area contributed by atoms with E-state index < -0.39 is 0 Å². The third kappa shape index (κ3) is 11.0. The van der Waals surface area contributed by atoms with Crippen LogP contribution >= 0.6 is 0 Å². The average molecular weight is 233 g/mol. The number of hydrogen-bond acceptors (Lipinski definition) is 0. The topological polar surface area (TPSA) is 0 Å². The van der Waals surface area contributed by atoms with Crippen molar-refractivity contribution in [2.45, 2.75) is 26.7 Å². The van der Waals surface area contributed by atoms with Gasteiger partial charge in [0.05, 0.1) is 0 Å².